The molecule has 1 unspecified atom stereocenters. The van der Waals surface area contributed by atoms with Crippen molar-refractivity contribution in [2.75, 3.05) is 32.0 Å². The second-order valence-corrected chi connectivity index (χ2v) is 11.6. The molecule has 2 heterocycles. The van der Waals surface area contributed by atoms with Crippen molar-refractivity contribution in [1.82, 2.24) is 9.80 Å². The van der Waals surface area contributed by atoms with Crippen LogP contribution < -0.4 is 10.1 Å². The van der Waals surface area contributed by atoms with E-state index in [1.165, 1.54) is 34.9 Å². The van der Waals surface area contributed by atoms with Crippen LogP contribution in [0, 0.1) is 0 Å². The zero-order valence-electron chi connectivity index (χ0n) is 20.8. The van der Waals surface area contributed by atoms with Crippen LogP contribution in [0.4, 0.5) is 18.9 Å². The number of nitrogens with one attached hydrogen (secondary N) is 1. The maximum atomic E-state index is 13.4. The highest BCUT2D eigenvalue weighted by atomic mass is 32.2. The predicted molar refractivity (Wildman–Crippen MR) is 134 cm³/mol. The summed E-state index contributed by atoms with van der Waals surface area (Å²) in [5, 5.41) is 12.8. The standard InChI is InChI=1S/C26H30F3N3O4S/c1-25(2)24(35)30-20-11-16(7-8-22(20)37-25)12-23(34)31(3)21(15-32-10-9-18(33)14-32)17-5-4-6-19(13-17)36-26(27,28)29/h4-8,11,13,18,21,33H,9-10,12,14-15H2,1-3H3,(H,30,35)/t18?,21-/m1/s1. The summed E-state index contributed by atoms with van der Waals surface area (Å²) in [6, 6.07) is 10.6. The number of hydrogen-bond acceptors (Lipinski definition) is 6. The van der Waals surface area contributed by atoms with Crippen molar-refractivity contribution < 1.29 is 32.6 Å². The molecule has 2 amide bonds. The first kappa shape index (κ1) is 27.3. The van der Waals surface area contributed by atoms with Crippen LogP contribution in [0.15, 0.2) is 47.4 Å². The van der Waals surface area contributed by atoms with E-state index in [2.05, 4.69) is 10.1 Å². The number of anilines is 1. The number of hydrogen-bond donors (Lipinski definition) is 2. The van der Waals surface area contributed by atoms with Crippen molar-refractivity contribution in [3.63, 3.8) is 0 Å². The van der Waals surface area contributed by atoms with Gasteiger partial charge in [-0.1, -0.05) is 18.2 Å². The Balaban J connectivity index is 1.55. The molecule has 37 heavy (non-hydrogen) atoms. The molecule has 0 spiro atoms. The Morgan fingerprint density at radius 2 is 2.05 bits per heavy atom. The zero-order valence-corrected chi connectivity index (χ0v) is 21.7. The second kappa shape index (κ2) is 10.5. The number of thioether (sulfide) groups is 1. The van der Waals surface area contributed by atoms with E-state index in [4.69, 9.17) is 0 Å². The minimum Gasteiger partial charge on any atom is -0.406 e. The van der Waals surface area contributed by atoms with E-state index in [1.54, 1.807) is 19.2 Å². The van der Waals surface area contributed by atoms with Gasteiger partial charge in [-0.15, -0.1) is 24.9 Å². The molecule has 2 aliphatic heterocycles. The molecule has 0 radical (unpaired) electrons. The van der Waals surface area contributed by atoms with Crippen molar-refractivity contribution in [2.45, 2.75) is 54.8 Å². The number of benzene rings is 2. The molecule has 2 aliphatic rings. The van der Waals surface area contributed by atoms with Gasteiger partial charge in [-0.3, -0.25) is 14.5 Å². The van der Waals surface area contributed by atoms with Crippen molar-refractivity contribution in [2.24, 2.45) is 0 Å². The number of halogens is 3. The Hall–Kier alpha value is -2.76. The Labute approximate surface area is 218 Å². The van der Waals surface area contributed by atoms with Crippen LogP contribution in [-0.4, -0.2) is 70.6 Å². The number of carbonyl (C=O) groups is 2. The van der Waals surface area contributed by atoms with Gasteiger partial charge in [0.15, 0.2) is 0 Å². The van der Waals surface area contributed by atoms with Crippen LogP contribution >= 0.6 is 11.8 Å². The van der Waals surface area contributed by atoms with Gasteiger partial charge in [-0.2, -0.15) is 0 Å². The van der Waals surface area contributed by atoms with Crippen LogP contribution in [0.3, 0.4) is 0 Å². The third-order valence-electron chi connectivity index (χ3n) is 6.58. The van der Waals surface area contributed by atoms with Gasteiger partial charge in [-0.05, 0) is 55.7 Å². The summed E-state index contributed by atoms with van der Waals surface area (Å²) in [6.45, 7) is 5.08. The molecule has 1 saturated heterocycles. The summed E-state index contributed by atoms with van der Waals surface area (Å²) < 4.78 is 41.9. The molecule has 0 aromatic heterocycles. The van der Waals surface area contributed by atoms with E-state index in [0.717, 1.165) is 4.90 Å². The summed E-state index contributed by atoms with van der Waals surface area (Å²) in [5.41, 5.74) is 1.86. The topological polar surface area (TPSA) is 82.1 Å². The van der Waals surface area contributed by atoms with Crippen LogP contribution in [0.25, 0.3) is 0 Å². The third-order valence-corrected chi connectivity index (χ3v) is 7.85. The van der Waals surface area contributed by atoms with Gasteiger partial charge in [0.25, 0.3) is 0 Å². The summed E-state index contributed by atoms with van der Waals surface area (Å²) in [4.78, 5) is 30.2. The van der Waals surface area contributed by atoms with Crippen molar-refractivity contribution in [1.29, 1.82) is 0 Å². The minimum absolute atomic E-state index is 0.0472. The number of rotatable bonds is 7. The maximum Gasteiger partial charge on any atom is 0.573 e. The average molecular weight is 538 g/mol. The van der Waals surface area contributed by atoms with Gasteiger partial charge >= 0.3 is 6.36 Å². The first-order valence-corrected chi connectivity index (χ1v) is 12.8. The molecular formula is C26H30F3N3O4S. The Morgan fingerprint density at radius 3 is 2.73 bits per heavy atom. The molecule has 2 N–H and O–H groups in total. The molecule has 4 rings (SSSR count). The van der Waals surface area contributed by atoms with E-state index in [-0.39, 0.29) is 24.0 Å². The number of amides is 2. The molecular weight excluding hydrogens is 507 g/mol. The highest BCUT2D eigenvalue weighted by Gasteiger charge is 2.35. The monoisotopic (exact) mass is 537 g/mol. The maximum absolute atomic E-state index is 13.4. The summed E-state index contributed by atoms with van der Waals surface area (Å²) in [6.07, 6.45) is -4.66. The van der Waals surface area contributed by atoms with Gasteiger partial charge in [0.05, 0.1) is 29.0 Å². The molecule has 200 valence electrons. The van der Waals surface area contributed by atoms with E-state index >= 15 is 0 Å². The molecule has 11 heteroatoms. The molecule has 1 fully saturated rings. The lowest BCUT2D eigenvalue weighted by atomic mass is 10.0. The number of nitrogens with zero attached hydrogens (tertiary/aromatic N) is 2. The number of aliphatic hydroxyl groups is 1. The van der Waals surface area contributed by atoms with Crippen molar-refractivity contribution in [3.05, 3.63) is 53.6 Å². The molecule has 7 nitrogen and oxygen atoms in total. The quantitative estimate of drug-likeness (QED) is 0.551. The molecule has 2 aromatic rings. The van der Waals surface area contributed by atoms with Gasteiger partial charge in [0.1, 0.15) is 5.75 Å². The number of carbonyl (C=O) groups excluding carboxylic acids is 2. The molecule has 0 saturated carbocycles. The van der Waals surface area contributed by atoms with E-state index in [0.29, 0.717) is 42.9 Å². The summed E-state index contributed by atoms with van der Waals surface area (Å²) >= 11 is 1.46. The predicted octanol–water partition coefficient (Wildman–Crippen LogP) is 4.22. The largest absolute Gasteiger partial charge is 0.573 e. The Kier molecular flexibility index (Phi) is 7.77. The smallest absolute Gasteiger partial charge is 0.406 e. The lowest BCUT2D eigenvalue weighted by Gasteiger charge is -2.33. The molecule has 2 atom stereocenters. The molecule has 0 bridgehead atoms. The lowest BCUT2D eigenvalue weighted by molar-refractivity contribution is -0.274. The lowest BCUT2D eigenvalue weighted by Crippen LogP contribution is -2.39. The third kappa shape index (κ3) is 6.77. The fourth-order valence-electron chi connectivity index (χ4n) is 4.53. The number of likely N-dealkylation sites (tertiary alicyclic amines) is 1. The van der Waals surface area contributed by atoms with Crippen molar-refractivity contribution in [3.8, 4) is 5.75 Å². The van der Waals surface area contributed by atoms with Crippen LogP contribution in [0.5, 0.6) is 5.75 Å². The van der Waals surface area contributed by atoms with Gasteiger partial charge in [-0.25, -0.2) is 0 Å². The summed E-state index contributed by atoms with van der Waals surface area (Å²) in [7, 11) is 1.62. The number of alkyl halides is 3. The molecule has 2 aromatic carbocycles. The fraction of sp³-hybridized carbons (Fsp3) is 0.462. The van der Waals surface area contributed by atoms with Gasteiger partial charge in [0.2, 0.25) is 11.8 Å². The zero-order chi connectivity index (χ0) is 27.0. The van der Waals surface area contributed by atoms with Crippen molar-refractivity contribution >= 4 is 29.3 Å². The normalized spacial score (nSPS) is 20.2. The number of likely N-dealkylation sites (N-methyl/N-ethyl adjacent to an activating group) is 1. The highest BCUT2D eigenvalue weighted by Crippen LogP contribution is 2.42. The SMILES string of the molecule is CN(C(=O)Cc1ccc2c(c1)NC(=O)C(C)(C)S2)[C@H](CN1CCC(O)C1)c1cccc(OC(F)(F)F)c1. The van der Waals surface area contributed by atoms with Crippen LogP contribution in [-0.2, 0) is 16.0 Å². The van der Waals surface area contributed by atoms with E-state index in [9.17, 15) is 27.9 Å². The Bertz CT molecular complexity index is 1170. The van der Waals surface area contributed by atoms with Crippen LogP contribution in [0.2, 0.25) is 0 Å². The number of aliphatic hydroxyl groups excluding tert-OH is 1. The highest BCUT2D eigenvalue weighted by molar-refractivity contribution is 8.01. The van der Waals surface area contributed by atoms with E-state index in [1.807, 2.05) is 30.9 Å². The van der Waals surface area contributed by atoms with Gasteiger partial charge < -0.3 is 20.1 Å². The summed E-state index contributed by atoms with van der Waals surface area (Å²) in [5.74, 6) is -0.704. The van der Waals surface area contributed by atoms with Gasteiger partial charge in [0, 0.05) is 31.6 Å². The number of β-amino-alcohol motifs (C(OH)–C–C–N with tert-alkyl or cyclic N) is 1. The first-order chi connectivity index (χ1) is 17.3. The van der Waals surface area contributed by atoms with Crippen LogP contribution in [0.1, 0.15) is 37.4 Å². The first-order valence-electron chi connectivity index (χ1n) is 12.0. The number of ether oxygens (including phenoxy) is 1. The average Bonchev–Trinajstić information content (AvgIpc) is 3.21. The number of fused-ring (bicyclic) bond motifs is 1. The van der Waals surface area contributed by atoms with E-state index < -0.39 is 23.3 Å². The molecule has 0 aliphatic carbocycles. The minimum atomic E-state index is -4.83. The Morgan fingerprint density at radius 1 is 1.30 bits per heavy atom. The fourth-order valence-corrected chi connectivity index (χ4v) is 5.58. The second-order valence-electron chi connectivity index (χ2n) is 9.92.